The summed E-state index contributed by atoms with van der Waals surface area (Å²) in [6.07, 6.45) is 0.404. The van der Waals surface area contributed by atoms with E-state index in [0.717, 1.165) is 11.4 Å². The molecule has 1 aliphatic heterocycles. The van der Waals surface area contributed by atoms with E-state index in [2.05, 4.69) is 8.73 Å². The van der Waals surface area contributed by atoms with Crippen molar-refractivity contribution in [2.24, 2.45) is 8.73 Å². The van der Waals surface area contributed by atoms with Crippen LogP contribution in [0.2, 0.25) is 0 Å². The van der Waals surface area contributed by atoms with Crippen LogP contribution in [-0.4, -0.2) is 38.0 Å². The summed E-state index contributed by atoms with van der Waals surface area (Å²) in [7, 11) is -2.09. The third-order valence-electron chi connectivity index (χ3n) is 2.57. The third-order valence-corrected chi connectivity index (χ3v) is 5.00. The fourth-order valence-electron chi connectivity index (χ4n) is 1.57. The number of aliphatic hydroxyl groups excluding tert-OH is 1. The van der Waals surface area contributed by atoms with Crippen LogP contribution in [-0.2, 0) is 21.4 Å². The summed E-state index contributed by atoms with van der Waals surface area (Å²) in [6.45, 7) is 0.231. The van der Waals surface area contributed by atoms with Crippen molar-refractivity contribution in [3.63, 3.8) is 0 Å². The normalized spacial score (nSPS) is 13.7. The average molecular weight is 287 g/mol. The quantitative estimate of drug-likeness (QED) is 0.902. The van der Waals surface area contributed by atoms with Crippen LogP contribution in [0.4, 0.5) is 11.4 Å². The molecule has 0 fully saturated rings. The van der Waals surface area contributed by atoms with E-state index in [4.69, 9.17) is 5.11 Å². The van der Waals surface area contributed by atoms with Gasteiger partial charge in [0.2, 0.25) is 10.0 Å². The summed E-state index contributed by atoms with van der Waals surface area (Å²) in [5.41, 5.74) is 0.981. The summed E-state index contributed by atoms with van der Waals surface area (Å²) in [5.74, 6) is 0. The van der Waals surface area contributed by atoms with Crippen LogP contribution in [0.25, 0.3) is 0 Å². The Balaban J connectivity index is 2.37. The van der Waals surface area contributed by atoms with Gasteiger partial charge in [-0.3, -0.25) is 0 Å². The number of hydrogen-bond acceptors (Lipinski definition) is 5. The summed E-state index contributed by atoms with van der Waals surface area (Å²) >= 11 is 0.990. The molecule has 1 aliphatic rings. The van der Waals surface area contributed by atoms with Crippen molar-refractivity contribution >= 4 is 32.8 Å². The van der Waals surface area contributed by atoms with Gasteiger partial charge in [-0.2, -0.15) is 8.73 Å². The first-order chi connectivity index (χ1) is 8.57. The van der Waals surface area contributed by atoms with Crippen molar-refractivity contribution in [2.45, 2.75) is 11.3 Å². The highest BCUT2D eigenvalue weighted by Crippen LogP contribution is 2.38. The van der Waals surface area contributed by atoms with Gasteiger partial charge in [0, 0.05) is 20.2 Å². The fourth-order valence-corrected chi connectivity index (χ4v) is 3.53. The lowest BCUT2D eigenvalue weighted by molar-refractivity contribution is 0.275. The topological polar surface area (TPSA) is 82.3 Å². The van der Waals surface area contributed by atoms with Crippen molar-refractivity contribution in [3.8, 4) is 0 Å². The smallest absolute Gasteiger partial charge is 0.245 e. The lowest BCUT2D eigenvalue weighted by Crippen LogP contribution is -2.28. The van der Waals surface area contributed by atoms with Crippen molar-refractivity contribution in [1.29, 1.82) is 0 Å². The van der Waals surface area contributed by atoms with Crippen LogP contribution < -0.4 is 0 Å². The van der Waals surface area contributed by atoms with E-state index in [1.807, 2.05) is 0 Å². The van der Waals surface area contributed by atoms with E-state index in [1.165, 1.54) is 17.4 Å². The maximum absolute atomic E-state index is 12.3. The molecule has 0 bridgehead atoms. The fraction of sp³-hybridized carbons (Fsp3) is 0.400. The minimum Gasteiger partial charge on any atom is -0.396 e. The molecule has 0 saturated heterocycles. The van der Waals surface area contributed by atoms with Gasteiger partial charge in [-0.25, -0.2) is 12.7 Å². The van der Waals surface area contributed by atoms with E-state index in [1.54, 1.807) is 12.1 Å². The van der Waals surface area contributed by atoms with Gasteiger partial charge in [-0.05, 0) is 18.6 Å². The lowest BCUT2D eigenvalue weighted by atomic mass is 10.3. The second-order valence-electron chi connectivity index (χ2n) is 3.79. The molecule has 0 aromatic heterocycles. The molecule has 1 N–H and O–H groups in total. The number of rotatable bonds is 5. The average Bonchev–Trinajstić information content (AvgIpc) is 2.83. The molecule has 98 valence electrons. The van der Waals surface area contributed by atoms with E-state index in [0.29, 0.717) is 17.8 Å². The summed E-state index contributed by atoms with van der Waals surface area (Å²) in [4.78, 5) is 0.161. The highest BCUT2D eigenvalue weighted by Gasteiger charge is 2.26. The second kappa shape index (κ2) is 5.27. The number of benzene rings is 1. The monoisotopic (exact) mass is 287 g/mol. The number of sulfonamides is 1. The van der Waals surface area contributed by atoms with Crippen LogP contribution >= 0.6 is 0 Å². The molecule has 0 amide bonds. The van der Waals surface area contributed by atoms with Crippen molar-refractivity contribution in [2.75, 3.05) is 20.2 Å². The molecule has 1 heterocycles. The van der Waals surface area contributed by atoms with Crippen molar-refractivity contribution in [1.82, 2.24) is 4.31 Å². The van der Waals surface area contributed by atoms with Crippen LogP contribution in [0.15, 0.2) is 31.8 Å². The molecule has 0 saturated carbocycles. The molecule has 1 aromatic rings. The Bertz CT molecular complexity index is 621. The van der Waals surface area contributed by atoms with Gasteiger partial charge in [0.05, 0.1) is 11.4 Å². The molecule has 18 heavy (non-hydrogen) atoms. The van der Waals surface area contributed by atoms with Gasteiger partial charge in [0.1, 0.15) is 16.3 Å². The SMILES string of the molecule is CN(CCCO)S(=O)(=O)c1cccc2c1N=S=N2. The number of aliphatic hydroxyl groups is 1. The minimum absolute atomic E-state index is 0.0394. The standard InChI is InChI=1S/C10H13N3O3S2/c1-13(6-3-7-14)18(15,16)9-5-2-4-8-10(9)12-17-11-8/h2,4-5,14H,3,6-7H2,1H3. The Morgan fingerprint density at radius 3 is 2.89 bits per heavy atom. The zero-order valence-electron chi connectivity index (χ0n) is 9.78. The van der Waals surface area contributed by atoms with Crippen LogP contribution in [0.3, 0.4) is 0 Å². The molecule has 0 aliphatic carbocycles. The van der Waals surface area contributed by atoms with Crippen LogP contribution in [0.1, 0.15) is 6.42 Å². The first-order valence-electron chi connectivity index (χ1n) is 5.36. The molecule has 6 nitrogen and oxygen atoms in total. The first-order valence-corrected chi connectivity index (χ1v) is 7.53. The molecule has 0 unspecified atom stereocenters. The van der Waals surface area contributed by atoms with Crippen LogP contribution in [0.5, 0.6) is 0 Å². The van der Waals surface area contributed by atoms with Crippen molar-refractivity contribution in [3.05, 3.63) is 18.2 Å². The van der Waals surface area contributed by atoms with Crippen LogP contribution in [0, 0.1) is 0 Å². The zero-order valence-corrected chi connectivity index (χ0v) is 11.4. The van der Waals surface area contributed by atoms with E-state index >= 15 is 0 Å². The molecule has 8 heteroatoms. The largest absolute Gasteiger partial charge is 0.396 e. The summed E-state index contributed by atoms with van der Waals surface area (Å²) in [6, 6.07) is 4.90. The van der Waals surface area contributed by atoms with Gasteiger partial charge in [-0.15, -0.1) is 0 Å². The van der Waals surface area contributed by atoms with Gasteiger partial charge in [0.25, 0.3) is 0 Å². The Morgan fingerprint density at radius 1 is 1.39 bits per heavy atom. The van der Waals surface area contributed by atoms with Gasteiger partial charge < -0.3 is 5.11 Å². The third kappa shape index (κ3) is 2.37. The molecule has 0 radical (unpaired) electrons. The Hall–Kier alpha value is -1.09. The van der Waals surface area contributed by atoms with Gasteiger partial charge >= 0.3 is 0 Å². The highest BCUT2D eigenvalue weighted by molar-refractivity contribution is 7.89. The highest BCUT2D eigenvalue weighted by atomic mass is 32.2. The second-order valence-corrected chi connectivity index (χ2v) is 6.33. The molecular weight excluding hydrogens is 274 g/mol. The molecule has 2 rings (SSSR count). The predicted molar refractivity (Wildman–Crippen MR) is 69.5 cm³/mol. The van der Waals surface area contributed by atoms with E-state index in [-0.39, 0.29) is 18.0 Å². The van der Waals surface area contributed by atoms with Gasteiger partial charge in [0.15, 0.2) is 0 Å². The lowest BCUT2D eigenvalue weighted by Gasteiger charge is -2.17. The maximum atomic E-state index is 12.3. The number of hydrogen-bond donors (Lipinski definition) is 1. The Labute approximate surface area is 109 Å². The number of fused-ring (bicyclic) bond motifs is 1. The summed E-state index contributed by atoms with van der Waals surface area (Å²) in [5, 5.41) is 8.75. The van der Waals surface area contributed by atoms with E-state index < -0.39 is 10.0 Å². The molecule has 0 atom stereocenters. The Morgan fingerprint density at radius 2 is 2.17 bits per heavy atom. The molecule has 0 spiro atoms. The predicted octanol–water partition coefficient (Wildman–Crippen LogP) is 1.42. The number of nitrogens with zero attached hydrogens (tertiary/aromatic N) is 3. The first kappa shape index (κ1) is 13.3. The Kier molecular flexibility index (Phi) is 3.91. The maximum Gasteiger partial charge on any atom is 0.245 e. The minimum atomic E-state index is -3.58. The zero-order chi connectivity index (χ0) is 13.2. The van der Waals surface area contributed by atoms with E-state index in [9.17, 15) is 8.42 Å². The van der Waals surface area contributed by atoms with Crippen molar-refractivity contribution < 1.29 is 13.5 Å². The summed E-state index contributed by atoms with van der Waals surface area (Å²) < 4.78 is 33.9. The van der Waals surface area contributed by atoms with Gasteiger partial charge in [-0.1, -0.05) is 6.07 Å². The molecule has 1 aromatic carbocycles. The molecular formula is C10H13N3O3S2.